The van der Waals surface area contributed by atoms with E-state index in [-0.39, 0.29) is 11.9 Å². The molecule has 26 heavy (non-hydrogen) atoms. The van der Waals surface area contributed by atoms with Crippen LogP contribution in [0.15, 0.2) is 62.5 Å². The third-order valence-electron chi connectivity index (χ3n) is 3.89. The van der Waals surface area contributed by atoms with Gasteiger partial charge in [0.25, 0.3) is 0 Å². The van der Waals surface area contributed by atoms with Crippen LogP contribution in [-0.4, -0.2) is 18.2 Å². The molecule has 5 nitrogen and oxygen atoms in total. The Hall–Kier alpha value is -2.60. The van der Waals surface area contributed by atoms with E-state index in [9.17, 15) is 4.79 Å². The van der Waals surface area contributed by atoms with E-state index in [1.54, 1.807) is 12.3 Å². The molecular formula is C20H19BrN2O3. The van der Waals surface area contributed by atoms with Crippen molar-refractivity contribution in [1.29, 1.82) is 0 Å². The summed E-state index contributed by atoms with van der Waals surface area (Å²) in [6.45, 7) is 4.10. The lowest BCUT2D eigenvalue weighted by Gasteiger charge is -2.14. The molecule has 1 amide bonds. The highest BCUT2D eigenvalue weighted by molar-refractivity contribution is 9.10. The van der Waals surface area contributed by atoms with Gasteiger partial charge >= 0.3 is 5.91 Å². The van der Waals surface area contributed by atoms with Gasteiger partial charge in [0.2, 0.25) is 0 Å². The fraction of sp³-hybridized carbons (Fsp3) is 0.200. The first-order chi connectivity index (χ1) is 12.6. The Kier molecular flexibility index (Phi) is 5.73. The first kappa shape index (κ1) is 18.2. The number of carbonyl (C=O) groups excluding carboxylic acids is 1. The molecule has 6 heteroatoms. The fourth-order valence-corrected chi connectivity index (χ4v) is 2.80. The van der Waals surface area contributed by atoms with Gasteiger partial charge in [-0.3, -0.25) is 4.79 Å². The van der Waals surface area contributed by atoms with Gasteiger partial charge in [0, 0.05) is 5.39 Å². The van der Waals surface area contributed by atoms with Gasteiger partial charge in [0.1, 0.15) is 11.3 Å². The standard InChI is InChI=1S/C20H19BrN2O3/c1-3-13(2)25-18-9-8-14(10-16(18)21)12-22-23-20(24)19-11-15-6-4-5-7-17(15)26-19/h4-13H,3H2,1-2H3,(H,23,24)/b22-12+/t13-/m1/s1. The third kappa shape index (κ3) is 4.32. The van der Waals surface area contributed by atoms with Crippen molar-refractivity contribution in [3.63, 3.8) is 0 Å². The smallest absolute Gasteiger partial charge is 0.307 e. The Morgan fingerprint density at radius 2 is 2.12 bits per heavy atom. The van der Waals surface area contributed by atoms with Crippen molar-refractivity contribution < 1.29 is 13.9 Å². The van der Waals surface area contributed by atoms with Crippen LogP contribution >= 0.6 is 15.9 Å². The van der Waals surface area contributed by atoms with Gasteiger partial charge in [-0.25, -0.2) is 5.43 Å². The first-order valence-electron chi connectivity index (χ1n) is 8.35. The number of benzene rings is 2. The van der Waals surface area contributed by atoms with Crippen molar-refractivity contribution in [2.75, 3.05) is 0 Å². The first-order valence-corrected chi connectivity index (χ1v) is 9.14. The number of amides is 1. The Morgan fingerprint density at radius 3 is 2.85 bits per heavy atom. The SMILES string of the molecule is CC[C@@H](C)Oc1ccc(/C=N/NC(=O)c2cc3ccccc3o2)cc1Br. The normalized spacial score (nSPS) is 12.4. The molecular weight excluding hydrogens is 396 g/mol. The number of carbonyl (C=O) groups is 1. The van der Waals surface area contributed by atoms with Crippen LogP contribution in [0.2, 0.25) is 0 Å². The number of rotatable bonds is 6. The summed E-state index contributed by atoms with van der Waals surface area (Å²) < 4.78 is 12.1. The van der Waals surface area contributed by atoms with Crippen LogP contribution in [0.5, 0.6) is 5.75 Å². The van der Waals surface area contributed by atoms with E-state index in [2.05, 4.69) is 33.4 Å². The third-order valence-corrected chi connectivity index (χ3v) is 4.51. The molecule has 2 aromatic carbocycles. The van der Waals surface area contributed by atoms with Crippen molar-refractivity contribution in [3.8, 4) is 5.75 Å². The summed E-state index contributed by atoms with van der Waals surface area (Å²) in [6, 6.07) is 14.8. The molecule has 0 spiro atoms. The lowest BCUT2D eigenvalue weighted by molar-refractivity contribution is 0.0929. The summed E-state index contributed by atoms with van der Waals surface area (Å²) in [5.41, 5.74) is 3.97. The molecule has 3 rings (SSSR count). The quantitative estimate of drug-likeness (QED) is 0.448. The minimum atomic E-state index is -0.395. The van der Waals surface area contributed by atoms with E-state index in [0.717, 1.165) is 27.6 Å². The Bertz CT molecular complexity index is 916. The van der Waals surface area contributed by atoms with Gasteiger partial charge < -0.3 is 9.15 Å². The Balaban J connectivity index is 1.64. The van der Waals surface area contributed by atoms with Gasteiger partial charge in [-0.15, -0.1) is 0 Å². The number of para-hydroxylation sites is 1. The number of ether oxygens (including phenoxy) is 1. The molecule has 0 saturated carbocycles. The van der Waals surface area contributed by atoms with E-state index >= 15 is 0 Å². The van der Waals surface area contributed by atoms with Crippen molar-refractivity contribution in [2.24, 2.45) is 5.10 Å². The molecule has 1 N–H and O–H groups in total. The average Bonchev–Trinajstić information content (AvgIpc) is 3.08. The maximum atomic E-state index is 12.1. The highest BCUT2D eigenvalue weighted by Gasteiger charge is 2.11. The lowest BCUT2D eigenvalue weighted by Crippen LogP contribution is -2.16. The molecule has 0 radical (unpaired) electrons. The second kappa shape index (κ2) is 8.19. The number of halogens is 1. The molecule has 0 fully saturated rings. The van der Waals surface area contributed by atoms with Gasteiger partial charge in [0.05, 0.1) is 16.8 Å². The number of fused-ring (bicyclic) bond motifs is 1. The van der Waals surface area contributed by atoms with Gasteiger partial charge in [-0.2, -0.15) is 5.10 Å². The van der Waals surface area contributed by atoms with Crippen molar-refractivity contribution in [1.82, 2.24) is 5.43 Å². The summed E-state index contributed by atoms with van der Waals surface area (Å²) in [5.74, 6) is 0.609. The summed E-state index contributed by atoms with van der Waals surface area (Å²) >= 11 is 3.49. The molecule has 0 aliphatic rings. The van der Waals surface area contributed by atoms with Gasteiger partial charge in [-0.1, -0.05) is 25.1 Å². The molecule has 0 unspecified atom stereocenters. The van der Waals surface area contributed by atoms with Crippen LogP contribution in [0, 0.1) is 0 Å². The predicted octanol–water partition coefficient (Wildman–Crippen LogP) is 5.14. The summed E-state index contributed by atoms with van der Waals surface area (Å²) in [5, 5.41) is 4.87. The maximum Gasteiger partial charge on any atom is 0.307 e. The predicted molar refractivity (Wildman–Crippen MR) is 106 cm³/mol. The van der Waals surface area contributed by atoms with Crippen LogP contribution in [0.4, 0.5) is 0 Å². The Labute approximate surface area is 160 Å². The minimum absolute atomic E-state index is 0.147. The van der Waals surface area contributed by atoms with Crippen molar-refractivity contribution in [2.45, 2.75) is 26.4 Å². The molecule has 134 valence electrons. The molecule has 0 aliphatic heterocycles. The summed E-state index contributed by atoms with van der Waals surface area (Å²) in [6.07, 6.45) is 2.65. The zero-order chi connectivity index (χ0) is 18.5. The topological polar surface area (TPSA) is 63.8 Å². The number of furan rings is 1. The van der Waals surface area contributed by atoms with Crippen molar-refractivity contribution >= 4 is 39.0 Å². The van der Waals surface area contributed by atoms with Crippen LogP contribution in [0.1, 0.15) is 36.4 Å². The van der Waals surface area contributed by atoms with E-state index in [0.29, 0.717) is 5.58 Å². The van der Waals surface area contributed by atoms with E-state index in [4.69, 9.17) is 9.15 Å². The monoisotopic (exact) mass is 414 g/mol. The van der Waals surface area contributed by atoms with Crippen LogP contribution in [0.25, 0.3) is 11.0 Å². The van der Waals surface area contributed by atoms with Crippen molar-refractivity contribution in [3.05, 3.63) is 64.3 Å². The lowest BCUT2D eigenvalue weighted by atomic mass is 10.2. The van der Waals surface area contributed by atoms with E-state index in [1.165, 1.54) is 0 Å². The van der Waals surface area contributed by atoms with E-state index < -0.39 is 5.91 Å². The molecule has 1 atom stereocenters. The largest absolute Gasteiger partial charge is 0.490 e. The second-order valence-electron chi connectivity index (χ2n) is 5.87. The van der Waals surface area contributed by atoms with Crippen LogP contribution in [0.3, 0.4) is 0 Å². The highest BCUT2D eigenvalue weighted by Crippen LogP contribution is 2.27. The number of nitrogens with one attached hydrogen (secondary N) is 1. The number of nitrogens with zero attached hydrogens (tertiary/aromatic N) is 1. The van der Waals surface area contributed by atoms with Gasteiger partial charge in [0.15, 0.2) is 5.76 Å². The zero-order valence-corrected chi connectivity index (χ0v) is 16.1. The highest BCUT2D eigenvalue weighted by atomic mass is 79.9. The molecule has 1 heterocycles. The fourth-order valence-electron chi connectivity index (χ4n) is 2.31. The number of hydrogen-bond donors (Lipinski definition) is 1. The number of hydrogen-bond acceptors (Lipinski definition) is 4. The summed E-state index contributed by atoms with van der Waals surface area (Å²) in [4.78, 5) is 12.1. The molecule has 3 aromatic rings. The molecule has 0 saturated heterocycles. The zero-order valence-electron chi connectivity index (χ0n) is 14.5. The minimum Gasteiger partial charge on any atom is -0.490 e. The number of hydrazone groups is 1. The van der Waals surface area contributed by atoms with Crippen LogP contribution < -0.4 is 10.2 Å². The molecule has 1 aromatic heterocycles. The van der Waals surface area contributed by atoms with E-state index in [1.807, 2.05) is 49.4 Å². The molecule has 0 aliphatic carbocycles. The maximum absolute atomic E-state index is 12.1. The van der Waals surface area contributed by atoms with Gasteiger partial charge in [-0.05, 0) is 65.2 Å². The second-order valence-corrected chi connectivity index (χ2v) is 6.73. The average molecular weight is 415 g/mol. The molecule has 0 bridgehead atoms. The summed E-state index contributed by atoms with van der Waals surface area (Å²) in [7, 11) is 0. The Morgan fingerprint density at radius 1 is 1.31 bits per heavy atom. The van der Waals surface area contributed by atoms with Crippen LogP contribution in [-0.2, 0) is 0 Å².